The van der Waals surface area contributed by atoms with Crippen molar-refractivity contribution in [1.82, 2.24) is 10.2 Å². The van der Waals surface area contributed by atoms with Crippen molar-refractivity contribution in [2.24, 2.45) is 0 Å². The molecule has 0 aliphatic carbocycles. The summed E-state index contributed by atoms with van der Waals surface area (Å²) < 4.78 is 49.5. The Morgan fingerprint density at radius 2 is 2.18 bits per heavy atom. The Bertz CT molecular complexity index is 273. The van der Waals surface area contributed by atoms with Gasteiger partial charge in [0.1, 0.15) is 0 Å². The molecule has 1 aliphatic rings. The van der Waals surface area contributed by atoms with Gasteiger partial charge in [0.05, 0.1) is 19.3 Å². The molecule has 1 rings (SSSR count). The highest BCUT2D eigenvalue weighted by Gasteiger charge is 2.45. The molecule has 0 radical (unpaired) electrons. The summed E-state index contributed by atoms with van der Waals surface area (Å²) in [6, 6.07) is -0.511. The van der Waals surface area contributed by atoms with E-state index >= 15 is 0 Å². The molecule has 0 aromatic rings. The molecule has 0 aromatic heterocycles. The van der Waals surface area contributed by atoms with Crippen molar-refractivity contribution >= 4 is 5.91 Å². The fraction of sp³-hybridized carbons (Fsp3) is 0.900. The minimum atomic E-state index is -4.14. The second kappa shape index (κ2) is 5.66. The number of amides is 1. The molecule has 1 unspecified atom stereocenters. The summed E-state index contributed by atoms with van der Waals surface area (Å²) in [5.74, 6) is -4.66. The van der Waals surface area contributed by atoms with E-state index in [2.05, 4.69) is 5.32 Å². The van der Waals surface area contributed by atoms with Gasteiger partial charge in [0, 0.05) is 0 Å². The van der Waals surface area contributed by atoms with E-state index in [9.17, 15) is 22.4 Å². The van der Waals surface area contributed by atoms with Crippen LogP contribution in [0.15, 0.2) is 0 Å². The fourth-order valence-electron chi connectivity index (χ4n) is 1.70. The largest absolute Gasteiger partial charge is 0.324 e. The smallest absolute Gasteiger partial charge is 0.322 e. The Hall–Kier alpha value is -0.850. The molecule has 0 saturated carbocycles. The van der Waals surface area contributed by atoms with Gasteiger partial charge in [-0.2, -0.15) is 8.78 Å². The maximum absolute atomic E-state index is 12.8. The first kappa shape index (κ1) is 14.2. The lowest BCUT2D eigenvalue weighted by Crippen LogP contribution is -2.43. The molecule has 0 bridgehead atoms. The molecule has 1 N–H and O–H groups in total. The third-order valence-electron chi connectivity index (χ3n) is 2.71. The Balaban J connectivity index is 2.50. The number of hydrogen-bond acceptors (Lipinski definition) is 2. The molecular weight excluding hydrogens is 240 g/mol. The average molecular weight is 256 g/mol. The van der Waals surface area contributed by atoms with Gasteiger partial charge >= 0.3 is 12.3 Å². The topological polar surface area (TPSA) is 32.3 Å². The lowest BCUT2D eigenvalue weighted by molar-refractivity contribution is -0.153. The first-order chi connectivity index (χ1) is 7.88. The van der Waals surface area contributed by atoms with Crippen LogP contribution in [0.1, 0.15) is 26.2 Å². The lowest BCUT2D eigenvalue weighted by atomic mass is 10.1. The molecule has 1 amide bonds. The molecule has 3 nitrogen and oxygen atoms in total. The van der Waals surface area contributed by atoms with Gasteiger partial charge < -0.3 is 4.90 Å². The first-order valence-corrected chi connectivity index (χ1v) is 5.56. The van der Waals surface area contributed by atoms with Crippen molar-refractivity contribution in [1.29, 1.82) is 0 Å². The van der Waals surface area contributed by atoms with Crippen LogP contribution in [0.2, 0.25) is 0 Å². The molecule has 0 aromatic carbocycles. The van der Waals surface area contributed by atoms with Crippen LogP contribution < -0.4 is 5.32 Å². The van der Waals surface area contributed by atoms with Crippen LogP contribution in [-0.2, 0) is 4.79 Å². The van der Waals surface area contributed by atoms with Crippen molar-refractivity contribution in [2.45, 2.75) is 44.6 Å². The molecule has 0 spiro atoms. The van der Waals surface area contributed by atoms with Crippen LogP contribution in [-0.4, -0.2) is 42.4 Å². The Labute approximate surface area is 97.2 Å². The maximum Gasteiger partial charge on any atom is 0.324 e. The van der Waals surface area contributed by atoms with Gasteiger partial charge in [0.25, 0.3) is 0 Å². The summed E-state index contributed by atoms with van der Waals surface area (Å²) in [7, 11) is 0. The van der Waals surface area contributed by atoms with Crippen molar-refractivity contribution in [2.75, 3.05) is 13.2 Å². The molecular formula is C10H16F4N2O. The quantitative estimate of drug-likeness (QED) is 0.735. The van der Waals surface area contributed by atoms with E-state index in [0.717, 1.165) is 17.7 Å². The second-order valence-corrected chi connectivity index (χ2v) is 4.15. The van der Waals surface area contributed by atoms with Crippen LogP contribution in [0.25, 0.3) is 0 Å². The van der Waals surface area contributed by atoms with Crippen LogP contribution in [0.3, 0.4) is 0 Å². The SMILES string of the molecule is CCCCC1NCN(CC(F)(F)C(F)F)C1=O. The second-order valence-electron chi connectivity index (χ2n) is 4.15. The fourth-order valence-corrected chi connectivity index (χ4v) is 1.70. The minimum Gasteiger partial charge on any atom is -0.322 e. The highest BCUT2D eigenvalue weighted by Crippen LogP contribution is 2.25. The molecule has 17 heavy (non-hydrogen) atoms. The van der Waals surface area contributed by atoms with Crippen LogP contribution in [0.4, 0.5) is 17.6 Å². The molecule has 100 valence electrons. The molecule has 1 fully saturated rings. The van der Waals surface area contributed by atoms with Crippen LogP contribution in [0.5, 0.6) is 0 Å². The minimum absolute atomic E-state index is 0.0878. The third kappa shape index (κ3) is 3.55. The van der Waals surface area contributed by atoms with Crippen molar-refractivity contribution in [3.8, 4) is 0 Å². The van der Waals surface area contributed by atoms with Gasteiger partial charge in [-0.15, -0.1) is 0 Å². The summed E-state index contributed by atoms with van der Waals surface area (Å²) >= 11 is 0. The number of nitrogens with one attached hydrogen (secondary N) is 1. The summed E-state index contributed by atoms with van der Waals surface area (Å²) in [4.78, 5) is 12.4. The number of rotatable bonds is 6. The van der Waals surface area contributed by atoms with Gasteiger partial charge in [-0.3, -0.25) is 10.1 Å². The number of unbranched alkanes of at least 4 members (excludes halogenated alkanes) is 1. The maximum atomic E-state index is 12.8. The van der Waals surface area contributed by atoms with E-state index in [1.807, 2.05) is 6.92 Å². The molecule has 1 saturated heterocycles. The molecule has 7 heteroatoms. The lowest BCUT2D eigenvalue weighted by Gasteiger charge is -2.22. The Kier molecular flexibility index (Phi) is 4.73. The summed E-state index contributed by atoms with van der Waals surface area (Å²) in [5, 5.41) is 2.75. The van der Waals surface area contributed by atoms with Crippen molar-refractivity contribution in [3.63, 3.8) is 0 Å². The average Bonchev–Trinajstić information content (AvgIpc) is 2.57. The van der Waals surface area contributed by atoms with Gasteiger partial charge in [0.2, 0.25) is 5.91 Å². The standard InChI is InChI=1S/C10H16F4N2O/c1-2-3-4-7-8(17)16(6-15-7)5-10(13,14)9(11)12/h7,9,15H,2-6H2,1H3. The highest BCUT2D eigenvalue weighted by molar-refractivity contribution is 5.83. The number of alkyl halides is 4. The van der Waals surface area contributed by atoms with Gasteiger partial charge in [-0.25, -0.2) is 8.78 Å². The van der Waals surface area contributed by atoms with Crippen LogP contribution >= 0.6 is 0 Å². The number of carbonyl (C=O) groups is 1. The van der Waals surface area contributed by atoms with E-state index < -0.39 is 30.8 Å². The summed E-state index contributed by atoms with van der Waals surface area (Å²) in [6.07, 6.45) is -1.52. The zero-order valence-electron chi connectivity index (χ0n) is 9.56. The van der Waals surface area contributed by atoms with E-state index in [-0.39, 0.29) is 6.67 Å². The van der Waals surface area contributed by atoms with E-state index in [1.165, 1.54) is 0 Å². The van der Waals surface area contributed by atoms with E-state index in [1.54, 1.807) is 0 Å². The summed E-state index contributed by atoms with van der Waals surface area (Å²) in [6.45, 7) is 0.636. The van der Waals surface area contributed by atoms with Crippen molar-refractivity contribution < 1.29 is 22.4 Å². The predicted octanol–water partition coefficient (Wildman–Crippen LogP) is 1.83. The zero-order chi connectivity index (χ0) is 13.1. The number of nitrogens with zero attached hydrogens (tertiary/aromatic N) is 1. The highest BCUT2D eigenvalue weighted by atomic mass is 19.3. The van der Waals surface area contributed by atoms with Gasteiger partial charge in [0.15, 0.2) is 0 Å². The number of halogens is 4. The van der Waals surface area contributed by atoms with Crippen molar-refractivity contribution in [3.05, 3.63) is 0 Å². The van der Waals surface area contributed by atoms with Gasteiger partial charge in [-0.05, 0) is 6.42 Å². The third-order valence-corrected chi connectivity index (χ3v) is 2.71. The molecule has 1 aliphatic heterocycles. The Morgan fingerprint density at radius 1 is 1.53 bits per heavy atom. The zero-order valence-corrected chi connectivity index (χ0v) is 9.56. The van der Waals surface area contributed by atoms with Gasteiger partial charge in [-0.1, -0.05) is 19.8 Å². The monoisotopic (exact) mass is 256 g/mol. The Morgan fingerprint density at radius 3 is 2.71 bits per heavy atom. The van der Waals surface area contributed by atoms with Crippen LogP contribution in [0, 0.1) is 0 Å². The molecule has 1 heterocycles. The van der Waals surface area contributed by atoms with E-state index in [4.69, 9.17) is 0 Å². The first-order valence-electron chi connectivity index (χ1n) is 5.56. The summed E-state index contributed by atoms with van der Waals surface area (Å²) in [5.41, 5.74) is 0. The van der Waals surface area contributed by atoms with E-state index in [0.29, 0.717) is 6.42 Å². The molecule has 1 atom stereocenters. The predicted molar refractivity (Wildman–Crippen MR) is 54.0 cm³/mol. The normalized spacial score (nSPS) is 21.6. The number of hydrogen-bond donors (Lipinski definition) is 1. The number of carbonyl (C=O) groups excluding carboxylic acids is 1.